The van der Waals surface area contributed by atoms with Gasteiger partial charge in [-0.25, -0.2) is 0 Å². The Morgan fingerprint density at radius 2 is 1.80 bits per heavy atom. The Bertz CT molecular complexity index is 471. The summed E-state index contributed by atoms with van der Waals surface area (Å²) in [4.78, 5) is 2.30. The largest absolute Gasteiger partial charge is 0.493 e. The monoisotopic (exact) mass is 279 g/mol. The van der Waals surface area contributed by atoms with Gasteiger partial charge in [0.1, 0.15) is 0 Å². The van der Waals surface area contributed by atoms with Crippen LogP contribution in [0.5, 0.6) is 11.5 Å². The number of β-amino-alcohol motifs (C(OH)–C–C–N with tert-alkyl or cyclic N) is 1. The molecule has 1 aromatic rings. The molecule has 4 heteroatoms. The van der Waals surface area contributed by atoms with E-state index in [1.807, 2.05) is 13.8 Å². The van der Waals surface area contributed by atoms with Gasteiger partial charge in [-0.1, -0.05) is 6.92 Å². The summed E-state index contributed by atoms with van der Waals surface area (Å²) >= 11 is 0. The lowest BCUT2D eigenvalue weighted by Gasteiger charge is -2.34. The van der Waals surface area contributed by atoms with Gasteiger partial charge in [-0.2, -0.15) is 0 Å². The SMILES string of the molecule is CCC(C)(O)CN1CCc2cc(OC)c(OC)cc2C1. The molecule has 0 radical (unpaired) electrons. The molecule has 1 aliphatic heterocycles. The van der Waals surface area contributed by atoms with Gasteiger partial charge in [-0.05, 0) is 43.0 Å². The van der Waals surface area contributed by atoms with Crippen LogP contribution in [0.15, 0.2) is 12.1 Å². The number of hydrogen-bond acceptors (Lipinski definition) is 4. The molecule has 0 aromatic heterocycles. The molecule has 1 N–H and O–H groups in total. The quantitative estimate of drug-likeness (QED) is 0.897. The number of ether oxygens (including phenoxy) is 2. The van der Waals surface area contributed by atoms with E-state index in [9.17, 15) is 5.11 Å². The van der Waals surface area contributed by atoms with Gasteiger partial charge >= 0.3 is 0 Å². The third kappa shape index (κ3) is 3.25. The van der Waals surface area contributed by atoms with Crippen molar-refractivity contribution in [2.45, 2.75) is 38.8 Å². The Morgan fingerprint density at radius 3 is 2.35 bits per heavy atom. The lowest BCUT2D eigenvalue weighted by atomic mass is 9.96. The van der Waals surface area contributed by atoms with Gasteiger partial charge in [-0.15, -0.1) is 0 Å². The Labute approximate surface area is 121 Å². The smallest absolute Gasteiger partial charge is 0.161 e. The number of nitrogens with zero attached hydrogens (tertiary/aromatic N) is 1. The summed E-state index contributed by atoms with van der Waals surface area (Å²) in [6.45, 7) is 6.45. The van der Waals surface area contributed by atoms with Crippen LogP contribution in [0.3, 0.4) is 0 Å². The topological polar surface area (TPSA) is 41.9 Å². The summed E-state index contributed by atoms with van der Waals surface area (Å²) in [6, 6.07) is 4.13. The van der Waals surface area contributed by atoms with Crippen LogP contribution < -0.4 is 9.47 Å². The Balaban J connectivity index is 2.17. The maximum atomic E-state index is 10.2. The van der Waals surface area contributed by atoms with E-state index in [2.05, 4.69) is 17.0 Å². The van der Waals surface area contributed by atoms with E-state index in [1.165, 1.54) is 11.1 Å². The van der Waals surface area contributed by atoms with Crippen LogP contribution in [0.25, 0.3) is 0 Å². The van der Waals surface area contributed by atoms with Crippen molar-refractivity contribution in [1.82, 2.24) is 4.90 Å². The summed E-state index contributed by atoms with van der Waals surface area (Å²) in [5, 5.41) is 10.2. The van der Waals surface area contributed by atoms with Gasteiger partial charge in [0.25, 0.3) is 0 Å². The highest BCUT2D eigenvalue weighted by Crippen LogP contribution is 2.33. The first kappa shape index (κ1) is 15.1. The highest BCUT2D eigenvalue weighted by Gasteiger charge is 2.25. The Kier molecular flexibility index (Phi) is 4.55. The third-order valence-electron chi connectivity index (χ3n) is 4.12. The van der Waals surface area contributed by atoms with E-state index in [4.69, 9.17) is 9.47 Å². The zero-order valence-corrected chi connectivity index (χ0v) is 12.9. The molecule has 1 aromatic carbocycles. The molecule has 4 nitrogen and oxygen atoms in total. The van der Waals surface area contributed by atoms with Gasteiger partial charge in [0.05, 0.1) is 19.8 Å². The average Bonchev–Trinajstić information content (AvgIpc) is 2.45. The van der Waals surface area contributed by atoms with E-state index >= 15 is 0 Å². The molecule has 20 heavy (non-hydrogen) atoms. The van der Waals surface area contributed by atoms with Gasteiger partial charge in [0, 0.05) is 19.6 Å². The fourth-order valence-corrected chi connectivity index (χ4v) is 2.67. The fraction of sp³-hybridized carbons (Fsp3) is 0.625. The minimum Gasteiger partial charge on any atom is -0.493 e. The van der Waals surface area contributed by atoms with Crippen LogP contribution in [-0.2, 0) is 13.0 Å². The van der Waals surface area contributed by atoms with Crippen molar-refractivity contribution in [2.24, 2.45) is 0 Å². The molecule has 2 rings (SSSR count). The number of fused-ring (bicyclic) bond motifs is 1. The average molecular weight is 279 g/mol. The van der Waals surface area contributed by atoms with Crippen LogP contribution >= 0.6 is 0 Å². The van der Waals surface area contributed by atoms with E-state index in [0.717, 1.165) is 37.4 Å². The van der Waals surface area contributed by atoms with Crippen LogP contribution in [0.4, 0.5) is 0 Å². The predicted octanol–water partition coefficient (Wildman–Crippen LogP) is 2.22. The first-order chi connectivity index (χ1) is 9.49. The predicted molar refractivity (Wildman–Crippen MR) is 79.4 cm³/mol. The van der Waals surface area contributed by atoms with Crippen molar-refractivity contribution in [3.63, 3.8) is 0 Å². The summed E-state index contributed by atoms with van der Waals surface area (Å²) < 4.78 is 10.7. The molecule has 0 aliphatic carbocycles. The van der Waals surface area contributed by atoms with Crippen molar-refractivity contribution in [1.29, 1.82) is 0 Å². The first-order valence-corrected chi connectivity index (χ1v) is 7.17. The molecule has 0 fully saturated rings. The van der Waals surface area contributed by atoms with Gasteiger partial charge in [0.2, 0.25) is 0 Å². The zero-order valence-electron chi connectivity index (χ0n) is 12.9. The zero-order chi connectivity index (χ0) is 14.8. The second-order valence-electron chi connectivity index (χ2n) is 5.79. The Morgan fingerprint density at radius 1 is 1.20 bits per heavy atom. The van der Waals surface area contributed by atoms with Gasteiger partial charge < -0.3 is 14.6 Å². The second-order valence-corrected chi connectivity index (χ2v) is 5.79. The minimum absolute atomic E-state index is 0.617. The second kappa shape index (κ2) is 6.02. The third-order valence-corrected chi connectivity index (χ3v) is 4.12. The van der Waals surface area contributed by atoms with Crippen LogP contribution in [0, 0.1) is 0 Å². The number of benzene rings is 1. The molecule has 1 heterocycles. The number of aliphatic hydroxyl groups is 1. The summed E-state index contributed by atoms with van der Waals surface area (Å²) in [5.41, 5.74) is 1.96. The van der Waals surface area contributed by atoms with Crippen molar-refractivity contribution < 1.29 is 14.6 Å². The van der Waals surface area contributed by atoms with Crippen molar-refractivity contribution in [3.8, 4) is 11.5 Å². The lowest BCUT2D eigenvalue weighted by molar-refractivity contribution is 0.0124. The molecule has 0 saturated carbocycles. The van der Waals surface area contributed by atoms with Crippen molar-refractivity contribution >= 4 is 0 Å². The number of hydrogen-bond donors (Lipinski definition) is 1. The summed E-state index contributed by atoms with van der Waals surface area (Å²) in [5.74, 6) is 1.57. The lowest BCUT2D eigenvalue weighted by Crippen LogP contribution is -2.42. The van der Waals surface area contributed by atoms with E-state index in [-0.39, 0.29) is 0 Å². The van der Waals surface area contributed by atoms with Gasteiger partial charge in [0.15, 0.2) is 11.5 Å². The maximum Gasteiger partial charge on any atom is 0.161 e. The molecule has 112 valence electrons. The molecule has 1 unspecified atom stereocenters. The molecule has 0 amide bonds. The highest BCUT2D eigenvalue weighted by molar-refractivity contribution is 5.48. The van der Waals surface area contributed by atoms with E-state index in [0.29, 0.717) is 6.54 Å². The molecule has 1 atom stereocenters. The summed E-state index contributed by atoms with van der Waals surface area (Å²) in [7, 11) is 3.32. The molecule has 0 saturated heterocycles. The number of methoxy groups -OCH3 is 2. The molecule has 0 bridgehead atoms. The normalized spacial score (nSPS) is 18.2. The molecule has 0 spiro atoms. The minimum atomic E-state index is -0.617. The van der Waals surface area contributed by atoms with E-state index in [1.54, 1.807) is 14.2 Å². The standard InChI is InChI=1S/C16H25NO3/c1-5-16(2,18)11-17-7-6-12-8-14(19-3)15(20-4)9-13(12)10-17/h8-9,18H,5-7,10-11H2,1-4H3. The molecular formula is C16H25NO3. The highest BCUT2D eigenvalue weighted by atomic mass is 16.5. The van der Waals surface area contributed by atoms with E-state index < -0.39 is 5.60 Å². The molecule has 1 aliphatic rings. The maximum absolute atomic E-state index is 10.2. The summed E-state index contributed by atoms with van der Waals surface area (Å²) in [6.07, 6.45) is 1.75. The van der Waals surface area contributed by atoms with Crippen molar-refractivity contribution in [3.05, 3.63) is 23.3 Å². The fourth-order valence-electron chi connectivity index (χ4n) is 2.67. The first-order valence-electron chi connectivity index (χ1n) is 7.17. The van der Waals surface area contributed by atoms with Crippen LogP contribution in [0.2, 0.25) is 0 Å². The van der Waals surface area contributed by atoms with Crippen LogP contribution in [-0.4, -0.2) is 42.9 Å². The number of rotatable bonds is 5. The van der Waals surface area contributed by atoms with Crippen molar-refractivity contribution in [2.75, 3.05) is 27.3 Å². The van der Waals surface area contributed by atoms with Gasteiger partial charge in [-0.3, -0.25) is 4.90 Å². The molecular weight excluding hydrogens is 254 g/mol. The van der Waals surface area contributed by atoms with Crippen LogP contribution in [0.1, 0.15) is 31.4 Å². The Hall–Kier alpha value is -1.26.